The van der Waals surface area contributed by atoms with E-state index in [9.17, 15) is 4.79 Å². The second-order valence-corrected chi connectivity index (χ2v) is 8.65. The van der Waals surface area contributed by atoms with Crippen molar-refractivity contribution in [3.05, 3.63) is 58.9 Å². The first-order valence-corrected chi connectivity index (χ1v) is 10.9. The highest BCUT2D eigenvalue weighted by Crippen LogP contribution is 2.28. The second-order valence-electron chi connectivity index (χ2n) is 8.25. The SMILES string of the molecule is Cc1ccc(N2CCC(N(Cc3cccnc3)C[C@@H]3CCC(=O)N3)CC2)cc1Cl. The zero-order valence-corrected chi connectivity index (χ0v) is 17.7. The summed E-state index contributed by atoms with van der Waals surface area (Å²) in [4.78, 5) is 20.9. The van der Waals surface area contributed by atoms with E-state index in [2.05, 4.69) is 44.4 Å². The molecule has 0 aliphatic carbocycles. The van der Waals surface area contributed by atoms with Crippen LogP contribution in [-0.2, 0) is 11.3 Å². The number of carbonyl (C=O) groups is 1. The minimum atomic E-state index is 0.183. The molecule has 6 heteroatoms. The molecule has 1 atom stereocenters. The average molecular weight is 413 g/mol. The van der Waals surface area contributed by atoms with E-state index in [1.807, 2.05) is 25.4 Å². The van der Waals surface area contributed by atoms with Crippen molar-refractivity contribution in [2.24, 2.45) is 0 Å². The minimum Gasteiger partial charge on any atom is -0.371 e. The number of pyridine rings is 1. The average Bonchev–Trinajstić information content (AvgIpc) is 3.15. The summed E-state index contributed by atoms with van der Waals surface area (Å²) in [6, 6.07) is 11.2. The molecule has 0 unspecified atom stereocenters. The van der Waals surface area contributed by atoms with Gasteiger partial charge >= 0.3 is 0 Å². The van der Waals surface area contributed by atoms with Crippen LogP contribution >= 0.6 is 11.6 Å². The minimum absolute atomic E-state index is 0.183. The lowest BCUT2D eigenvalue weighted by molar-refractivity contribution is -0.119. The number of amides is 1. The normalized spacial score (nSPS) is 20.3. The molecule has 3 heterocycles. The van der Waals surface area contributed by atoms with Crippen LogP contribution in [0.2, 0.25) is 5.02 Å². The van der Waals surface area contributed by atoms with E-state index in [4.69, 9.17) is 11.6 Å². The standard InChI is InChI=1S/C23H29ClN4O/c1-17-4-6-21(13-22(17)24)27-11-8-20(9-12-27)28(15-18-3-2-10-25-14-18)16-19-5-7-23(29)26-19/h2-4,6,10,13-14,19-20H,5,7-9,11-12,15-16H2,1H3,(H,26,29)/t19-/m0/s1. The van der Waals surface area contributed by atoms with E-state index >= 15 is 0 Å². The van der Waals surface area contributed by atoms with E-state index in [0.29, 0.717) is 12.5 Å². The van der Waals surface area contributed by atoms with Crippen molar-refractivity contribution < 1.29 is 4.79 Å². The number of halogens is 1. The number of aromatic nitrogens is 1. The monoisotopic (exact) mass is 412 g/mol. The van der Waals surface area contributed by atoms with Crippen LogP contribution in [0.4, 0.5) is 5.69 Å². The Kier molecular flexibility index (Phi) is 6.36. The van der Waals surface area contributed by atoms with Gasteiger partial charge in [-0.1, -0.05) is 23.7 Å². The highest BCUT2D eigenvalue weighted by Gasteiger charge is 2.29. The van der Waals surface area contributed by atoms with Crippen LogP contribution < -0.4 is 10.2 Å². The first-order valence-electron chi connectivity index (χ1n) is 10.5. The number of carbonyl (C=O) groups excluding carboxylic acids is 1. The molecule has 1 N–H and O–H groups in total. The number of piperidine rings is 1. The van der Waals surface area contributed by atoms with Crippen LogP contribution in [0.1, 0.15) is 36.8 Å². The lowest BCUT2D eigenvalue weighted by atomic mass is 10.0. The van der Waals surface area contributed by atoms with Gasteiger partial charge in [-0.2, -0.15) is 0 Å². The third-order valence-corrected chi connectivity index (χ3v) is 6.56. The molecule has 5 nitrogen and oxygen atoms in total. The molecule has 2 aliphatic rings. The van der Waals surface area contributed by atoms with Gasteiger partial charge in [0, 0.05) is 67.8 Å². The molecule has 29 heavy (non-hydrogen) atoms. The maximum absolute atomic E-state index is 11.7. The molecule has 1 aromatic carbocycles. The summed E-state index contributed by atoms with van der Waals surface area (Å²) in [5.74, 6) is 0.183. The first kappa shape index (κ1) is 20.2. The van der Waals surface area contributed by atoms with Gasteiger partial charge in [-0.05, 0) is 55.5 Å². The fraction of sp³-hybridized carbons (Fsp3) is 0.478. The number of hydrogen-bond acceptors (Lipinski definition) is 4. The zero-order chi connectivity index (χ0) is 20.2. The van der Waals surface area contributed by atoms with Crippen molar-refractivity contribution in [3.8, 4) is 0 Å². The molecule has 4 rings (SSSR count). The summed E-state index contributed by atoms with van der Waals surface area (Å²) in [5.41, 5.74) is 3.55. The maximum Gasteiger partial charge on any atom is 0.220 e. The number of hydrogen-bond donors (Lipinski definition) is 1. The molecule has 0 saturated carbocycles. The van der Waals surface area contributed by atoms with Crippen LogP contribution in [-0.4, -0.2) is 47.5 Å². The Hall–Kier alpha value is -2.11. The van der Waals surface area contributed by atoms with Gasteiger partial charge in [-0.25, -0.2) is 0 Å². The smallest absolute Gasteiger partial charge is 0.220 e. The Bertz CT molecular complexity index is 836. The van der Waals surface area contributed by atoms with Crippen molar-refractivity contribution in [2.45, 2.75) is 51.2 Å². The molecule has 154 valence electrons. The van der Waals surface area contributed by atoms with Crippen molar-refractivity contribution >= 4 is 23.2 Å². The fourth-order valence-corrected chi connectivity index (χ4v) is 4.61. The Labute approximate surface area is 178 Å². The first-order chi connectivity index (χ1) is 14.1. The Morgan fingerprint density at radius 2 is 2.07 bits per heavy atom. The van der Waals surface area contributed by atoms with Crippen LogP contribution in [0.25, 0.3) is 0 Å². The summed E-state index contributed by atoms with van der Waals surface area (Å²) in [7, 11) is 0. The highest BCUT2D eigenvalue weighted by molar-refractivity contribution is 6.31. The molecular formula is C23H29ClN4O. The molecule has 2 aromatic rings. The molecule has 2 saturated heterocycles. The molecule has 0 bridgehead atoms. The third kappa shape index (κ3) is 5.09. The second kappa shape index (κ2) is 9.14. The van der Waals surface area contributed by atoms with E-state index in [1.165, 1.54) is 11.3 Å². The number of aryl methyl sites for hydroxylation is 1. The predicted molar refractivity (Wildman–Crippen MR) is 117 cm³/mol. The highest BCUT2D eigenvalue weighted by atomic mass is 35.5. The Balaban J connectivity index is 1.42. The number of benzene rings is 1. The van der Waals surface area contributed by atoms with Gasteiger partial charge in [0.15, 0.2) is 0 Å². The topological polar surface area (TPSA) is 48.5 Å². The summed E-state index contributed by atoms with van der Waals surface area (Å²) < 4.78 is 0. The van der Waals surface area contributed by atoms with Crippen molar-refractivity contribution in [3.63, 3.8) is 0 Å². The molecular weight excluding hydrogens is 384 g/mol. The van der Waals surface area contributed by atoms with Gasteiger partial charge < -0.3 is 10.2 Å². The van der Waals surface area contributed by atoms with E-state index in [1.54, 1.807) is 0 Å². The van der Waals surface area contributed by atoms with Gasteiger partial charge in [0.25, 0.3) is 0 Å². The fourth-order valence-electron chi connectivity index (χ4n) is 4.43. The van der Waals surface area contributed by atoms with Crippen LogP contribution in [0.15, 0.2) is 42.7 Å². The molecule has 1 amide bonds. The van der Waals surface area contributed by atoms with Crippen LogP contribution in [0, 0.1) is 6.92 Å². The third-order valence-electron chi connectivity index (χ3n) is 6.15. The van der Waals surface area contributed by atoms with Gasteiger partial charge in [0.2, 0.25) is 5.91 Å². The van der Waals surface area contributed by atoms with Gasteiger partial charge in [0.05, 0.1) is 0 Å². The number of nitrogens with zero attached hydrogens (tertiary/aromatic N) is 3. The Morgan fingerprint density at radius 1 is 1.24 bits per heavy atom. The van der Waals surface area contributed by atoms with Gasteiger partial charge in [-0.3, -0.25) is 14.7 Å². The van der Waals surface area contributed by atoms with E-state index in [0.717, 1.165) is 56.0 Å². The number of nitrogens with one attached hydrogen (secondary N) is 1. The number of anilines is 1. The molecule has 0 spiro atoms. The van der Waals surface area contributed by atoms with Crippen molar-refractivity contribution in [2.75, 3.05) is 24.5 Å². The summed E-state index contributed by atoms with van der Waals surface area (Å²) in [6.07, 6.45) is 7.56. The zero-order valence-electron chi connectivity index (χ0n) is 17.0. The molecule has 0 radical (unpaired) electrons. The number of rotatable bonds is 6. The van der Waals surface area contributed by atoms with Gasteiger partial charge in [-0.15, -0.1) is 0 Å². The summed E-state index contributed by atoms with van der Waals surface area (Å²) >= 11 is 6.33. The van der Waals surface area contributed by atoms with Crippen LogP contribution in [0.5, 0.6) is 0 Å². The van der Waals surface area contributed by atoms with E-state index in [-0.39, 0.29) is 11.9 Å². The lowest BCUT2D eigenvalue weighted by Crippen LogP contribution is -2.48. The van der Waals surface area contributed by atoms with Gasteiger partial charge in [0.1, 0.15) is 0 Å². The maximum atomic E-state index is 11.7. The van der Waals surface area contributed by atoms with Crippen LogP contribution in [0.3, 0.4) is 0 Å². The van der Waals surface area contributed by atoms with Crippen molar-refractivity contribution in [1.82, 2.24) is 15.2 Å². The Morgan fingerprint density at radius 3 is 2.72 bits per heavy atom. The van der Waals surface area contributed by atoms with Crippen molar-refractivity contribution in [1.29, 1.82) is 0 Å². The molecule has 2 fully saturated rings. The molecule has 1 aromatic heterocycles. The lowest BCUT2D eigenvalue weighted by Gasteiger charge is -2.40. The quantitative estimate of drug-likeness (QED) is 0.784. The van der Waals surface area contributed by atoms with E-state index < -0.39 is 0 Å². The molecule has 2 aliphatic heterocycles. The summed E-state index contributed by atoms with van der Waals surface area (Å²) in [6.45, 7) is 5.86. The largest absolute Gasteiger partial charge is 0.371 e. The summed E-state index contributed by atoms with van der Waals surface area (Å²) in [5, 5.41) is 3.97. The predicted octanol–water partition coefficient (Wildman–Crippen LogP) is 3.79.